The van der Waals surface area contributed by atoms with Crippen LogP contribution in [0.1, 0.15) is 27.9 Å². The van der Waals surface area contributed by atoms with E-state index >= 15 is 0 Å². The molecule has 1 N–H and O–H groups in total. The topological polar surface area (TPSA) is 69.8 Å². The number of nitriles is 1. The molecule has 5 aromatic rings. The molecule has 0 spiro atoms. The van der Waals surface area contributed by atoms with Crippen LogP contribution in [0.15, 0.2) is 104 Å². The van der Waals surface area contributed by atoms with Crippen LogP contribution in [-0.4, -0.2) is 37.6 Å². The summed E-state index contributed by atoms with van der Waals surface area (Å²) in [6.45, 7) is 2.90. The Morgan fingerprint density at radius 2 is 1.72 bits per heavy atom. The minimum absolute atomic E-state index is 0.664. The number of fused-ring (bicyclic) bond motifs is 1. The van der Waals surface area contributed by atoms with E-state index in [-0.39, 0.29) is 0 Å². The van der Waals surface area contributed by atoms with Gasteiger partial charge in [0.25, 0.3) is 0 Å². The molecule has 5 rings (SSSR count). The lowest BCUT2D eigenvalue weighted by atomic mass is 10.1. The van der Waals surface area contributed by atoms with Crippen LogP contribution in [0.4, 0.5) is 0 Å². The molecule has 0 saturated heterocycles. The number of hydrogen-bond donors (Lipinski definition) is 1. The molecule has 0 radical (unpaired) electrons. The molecule has 0 unspecified atom stereocenters. The summed E-state index contributed by atoms with van der Waals surface area (Å²) in [7, 11) is 0. The number of rotatable bonds is 10. The molecule has 0 aliphatic carbocycles. The van der Waals surface area contributed by atoms with Gasteiger partial charge < -0.3 is 14.8 Å². The minimum atomic E-state index is 0.664. The molecule has 0 atom stereocenters. The predicted molar refractivity (Wildman–Crippen MR) is 159 cm³/mol. The second-order valence-corrected chi connectivity index (χ2v) is 9.83. The molecule has 3 aromatic carbocycles. The number of thiocarbonyl (C=S) groups is 1. The summed E-state index contributed by atoms with van der Waals surface area (Å²) in [6, 6.07) is 30.6. The highest BCUT2D eigenvalue weighted by Crippen LogP contribution is 2.19. The van der Waals surface area contributed by atoms with Gasteiger partial charge in [-0.15, -0.1) is 0 Å². The number of nitrogens with one attached hydrogen (secondary N) is 1. The zero-order valence-corrected chi connectivity index (χ0v) is 22.5. The Labute approximate surface area is 234 Å². The fourth-order valence-electron chi connectivity index (χ4n) is 4.65. The van der Waals surface area contributed by atoms with Crippen molar-refractivity contribution in [2.45, 2.75) is 25.9 Å². The van der Waals surface area contributed by atoms with E-state index in [0.717, 1.165) is 53.2 Å². The first-order valence-electron chi connectivity index (χ1n) is 13.1. The molecule has 7 heteroatoms. The first-order chi connectivity index (χ1) is 19.2. The van der Waals surface area contributed by atoms with Crippen molar-refractivity contribution in [3.8, 4) is 6.07 Å². The van der Waals surface area contributed by atoms with E-state index in [9.17, 15) is 0 Å². The summed E-state index contributed by atoms with van der Waals surface area (Å²) in [4.78, 5) is 11.2. The average molecular weight is 531 g/mol. The quantitative estimate of drug-likeness (QED) is 0.240. The molecule has 0 bridgehead atoms. The van der Waals surface area contributed by atoms with Crippen molar-refractivity contribution in [3.63, 3.8) is 0 Å². The third-order valence-corrected chi connectivity index (χ3v) is 7.20. The van der Waals surface area contributed by atoms with Crippen LogP contribution in [-0.2, 0) is 25.9 Å². The summed E-state index contributed by atoms with van der Waals surface area (Å²) >= 11 is 5.92. The zero-order chi connectivity index (χ0) is 26.9. The second kappa shape index (κ2) is 12.8. The Morgan fingerprint density at radius 3 is 2.54 bits per heavy atom. The Balaban J connectivity index is 1.30. The number of aromatic nitrogens is 3. The van der Waals surface area contributed by atoms with Crippen molar-refractivity contribution < 1.29 is 0 Å². The van der Waals surface area contributed by atoms with E-state index in [0.29, 0.717) is 18.7 Å². The summed E-state index contributed by atoms with van der Waals surface area (Å²) in [6.07, 6.45) is 7.36. The van der Waals surface area contributed by atoms with Gasteiger partial charge in [0, 0.05) is 56.1 Å². The molecule has 0 saturated carbocycles. The highest BCUT2D eigenvalue weighted by molar-refractivity contribution is 7.80. The molecule has 0 aliphatic heterocycles. The molecule has 0 fully saturated rings. The van der Waals surface area contributed by atoms with Crippen molar-refractivity contribution in [2.24, 2.45) is 0 Å². The maximum Gasteiger partial charge on any atom is 0.169 e. The van der Waals surface area contributed by atoms with Crippen LogP contribution >= 0.6 is 12.2 Å². The first-order valence-corrected chi connectivity index (χ1v) is 13.5. The third kappa shape index (κ3) is 6.86. The summed E-state index contributed by atoms with van der Waals surface area (Å²) in [5, 5.41) is 14.5. The van der Waals surface area contributed by atoms with E-state index in [2.05, 4.69) is 73.3 Å². The van der Waals surface area contributed by atoms with Crippen molar-refractivity contribution >= 4 is 28.2 Å². The second-order valence-electron chi connectivity index (χ2n) is 9.45. The molecule has 194 valence electrons. The predicted octanol–water partition coefficient (Wildman–Crippen LogP) is 5.51. The molecular formula is C32H30N6S. The molecule has 2 heterocycles. The van der Waals surface area contributed by atoms with Crippen molar-refractivity contribution in [3.05, 3.63) is 132 Å². The first kappa shape index (κ1) is 26.1. The number of pyridine rings is 1. The lowest BCUT2D eigenvalue weighted by molar-refractivity contribution is 0.406. The summed E-state index contributed by atoms with van der Waals surface area (Å²) in [5.74, 6) is 0. The maximum absolute atomic E-state index is 9.08. The largest absolute Gasteiger partial charge is 0.362 e. The van der Waals surface area contributed by atoms with Crippen LogP contribution < -0.4 is 5.32 Å². The molecule has 2 aromatic heterocycles. The van der Waals surface area contributed by atoms with Gasteiger partial charge in [-0.25, -0.2) is 4.98 Å². The Morgan fingerprint density at radius 1 is 0.923 bits per heavy atom. The van der Waals surface area contributed by atoms with E-state index in [1.54, 1.807) is 0 Å². The van der Waals surface area contributed by atoms with Gasteiger partial charge in [-0.3, -0.25) is 4.98 Å². The number of imidazole rings is 1. The van der Waals surface area contributed by atoms with Gasteiger partial charge >= 0.3 is 0 Å². The van der Waals surface area contributed by atoms with Gasteiger partial charge in [0.1, 0.15) is 0 Å². The Hall–Kier alpha value is -4.54. The van der Waals surface area contributed by atoms with Crippen molar-refractivity contribution in [1.29, 1.82) is 5.26 Å². The van der Waals surface area contributed by atoms with Crippen LogP contribution in [0.5, 0.6) is 0 Å². The summed E-state index contributed by atoms with van der Waals surface area (Å²) < 4.78 is 2.16. The fourth-order valence-corrected chi connectivity index (χ4v) is 4.91. The SMILES string of the molecule is N#Cc1ccc(Cn2cncc2CCN(Cc2ccnc3ccccc23)C(=S)NCCc2ccccc2)cc1. The lowest BCUT2D eigenvalue weighted by Crippen LogP contribution is -2.41. The maximum atomic E-state index is 9.08. The van der Waals surface area contributed by atoms with E-state index in [4.69, 9.17) is 17.5 Å². The van der Waals surface area contributed by atoms with Gasteiger partial charge in [0.05, 0.1) is 23.5 Å². The number of para-hydroxylation sites is 1. The lowest BCUT2D eigenvalue weighted by Gasteiger charge is -2.27. The molecule has 0 aliphatic rings. The van der Waals surface area contributed by atoms with Gasteiger partial charge in [-0.05, 0) is 59.6 Å². The third-order valence-electron chi connectivity index (χ3n) is 6.79. The minimum Gasteiger partial charge on any atom is -0.362 e. The molecule has 6 nitrogen and oxygen atoms in total. The van der Waals surface area contributed by atoms with Gasteiger partial charge in [0.15, 0.2) is 5.11 Å². The number of nitrogens with zero attached hydrogens (tertiary/aromatic N) is 5. The standard InChI is InChI=1S/C32H30N6S/c33-20-26-10-12-27(13-11-26)22-38-24-34-21-29(38)16-19-37(32(39)36-17-14-25-6-2-1-3-7-25)23-28-15-18-35-31-9-5-4-8-30(28)31/h1-13,15,18,21,24H,14,16-17,19,22-23H2,(H,36,39). The molecular weight excluding hydrogens is 500 g/mol. The van der Waals surface area contributed by atoms with Gasteiger partial charge in [0.2, 0.25) is 0 Å². The number of benzene rings is 3. The van der Waals surface area contributed by atoms with Crippen LogP contribution in [0, 0.1) is 11.3 Å². The molecule has 0 amide bonds. The van der Waals surface area contributed by atoms with Crippen molar-refractivity contribution in [2.75, 3.05) is 13.1 Å². The van der Waals surface area contributed by atoms with E-state index in [1.165, 1.54) is 11.1 Å². The Kier molecular flexibility index (Phi) is 8.57. The van der Waals surface area contributed by atoms with Crippen molar-refractivity contribution in [1.82, 2.24) is 24.8 Å². The highest BCUT2D eigenvalue weighted by atomic mass is 32.1. The number of hydrogen-bond acceptors (Lipinski definition) is 4. The van der Waals surface area contributed by atoms with Crippen LogP contribution in [0.25, 0.3) is 10.9 Å². The van der Waals surface area contributed by atoms with Gasteiger partial charge in [-0.1, -0.05) is 60.7 Å². The van der Waals surface area contributed by atoms with Crippen LogP contribution in [0.3, 0.4) is 0 Å². The fraction of sp³-hybridized carbons (Fsp3) is 0.188. The average Bonchev–Trinajstić information content (AvgIpc) is 3.42. The monoisotopic (exact) mass is 530 g/mol. The van der Waals surface area contributed by atoms with E-state index in [1.807, 2.05) is 61.2 Å². The normalized spacial score (nSPS) is 10.7. The summed E-state index contributed by atoms with van der Waals surface area (Å²) in [5.41, 5.74) is 6.39. The van der Waals surface area contributed by atoms with Crippen LogP contribution in [0.2, 0.25) is 0 Å². The highest BCUT2D eigenvalue weighted by Gasteiger charge is 2.14. The Bertz CT molecular complexity index is 1560. The zero-order valence-electron chi connectivity index (χ0n) is 21.7. The molecule has 39 heavy (non-hydrogen) atoms. The smallest absolute Gasteiger partial charge is 0.169 e. The van der Waals surface area contributed by atoms with E-state index < -0.39 is 0 Å². The van der Waals surface area contributed by atoms with Gasteiger partial charge in [-0.2, -0.15) is 5.26 Å².